The molecule has 3 aromatic rings. The lowest BCUT2D eigenvalue weighted by Gasteiger charge is -2.42. The third-order valence-electron chi connectivity index (χ3n) is 7.71. The number of nitrogens with zero attached hydrogens (tertiary/aromatic N) is 2. The van der Waals surface area contributed by atoms with Gasteiger partial charge in [-0.05, 0) is 85.6 Å². The van der Waals surface area contributed by atoms with E-state index in [-0.39, 0.29) is 27.4 Å². The number of amides is 1. The number of pyridine rings is 1. The molecule has 198 valence electrons. The number of rotatable bonds is 5. The maximum Gasteiger partial charge on any atom is 0.264 e. The molecule has 11 heteroatoms. The highest BCUT2D eigenvalue weighted by molar-refractivity contribution is 7.99. The van der Waals surface area contributed by atoms with Gasteiger partial charge < -0.3 is 5.32 Å². The van der Waals surface area contributed by atoms with Crippen LogP contribution >= 0.6 is 35.0 Å². The van der Waals surface area contributed by atoms with Crippen molar-refractivity contribution in [2.24, 2.45) is 5.92 Å². The van der Waals surface area contributed by atoms with Crippen LogP contribution in [0.4, 0.5) is 15.8 Å². The molecular weight excluding hydrogens is 568 g/mol. The molecule has 1 N–H and O–H groups in total. The van der Waals surface area contributed by atoms with E-state index in [4.69, 9.17) is 23.2 Å². The van der Waals surface area contributed by atoms with Crippen molar-refractivity contribution in [1.82, 2.24) is 4.98 Å². The van der Waals surface area contributed by atoms with E-state index >= 15 is 0 Å². The Hall–Kier alpha value is -2.33. The quantitative estimate of drug-likeness (QED) is 0.365. The third kappa shape index (κ3) is 4.28. The SMILES string of the molecule is O=C(Nc1cncc(Cl)c1)c1ccc2c(c1Cl)C1(CCSCC1)C(C1CC1)N2S(=O)(=O)c1ccc(F)cc1. The first kappa shape index (κ1) is 25.9. The van der Waals surface area contributed by atoms with Crippen LogP contribution in [0.5, 0.6) is 0 Å². The van der Waals surface area contributed by atoms with E-state index in [1.165, 1.54) is 28.8 Å². The molecule has 6 rings (SSSR count). The number of fused-ring (bicyclic) bond motifs is 2. The fraction of sp³-hybridized carbons (Fsp3) is 0.333. The fourth-order valence-corrected chi connectivity index (χ4v) is 9.55. The first-order chi connectivity index (χ1) is 18.2. The Morgan fingerprint density at radius 1 is 1.08 bits per heavy atom. The van der Waals surface area contributed by atoms with Crippen LogP contribution in [0.3, 0.4) is 0 Å². The Morgan fingerprint density at radius 3 is 2.45 bits per heavy atom. The van der Waals surface area contributed by atoms with Gasteiger partial charge in [0, 0.05) is 17.2 Å². The molecule has 1 saturated heterocycles. The van der Waals surface area contributed by atoms with E-state index in [0.29, 0.717) is 16.4 Å². The van der Waals surface area contributed by atoms with Gasteiger partial charge in [0.1, 0.15) is 5.82 Å². The normalized spacial score (nSPS) is 20.4. The summed E-state index contributed by atoms with van der Waals surface area (Å²) in [5, 5.41) is 3.45. The minimum absolute atomic E-state index is 0.0316. The van der Waals surface area contributed by atoms with Crippen molar-refractivity contribution in [1.29, 1.82) is 0 Å². The lowest BCUT2D eigenvalue weighted by Crippen LogP contribution is -2.50. The number of aromatic nitrogens is 1. The van der Waals surface area contributed by atoms with Gasteiger partial charge in [-0.25, -0.2) is 12.8 Å². The van der Waals surface area contributed by atoms with Crippen molar-refractivity contribution in [3.8, 4) is 0 Å². The molecule has 1 unspecified atom stereocenters. The van der Waals surface area contributed by atoms with Crippen LogP contribution in [0.15, 0.2) is 59.8 Å². The molecule has 1 aromatic heterocycles. The van der Waals surface area contributed by atoms with E-state index in [2.05, 4.69) is 10.3 Å². The number of hydrogen-bond donors (Lipinski definition) is 1. The van der Waals surface area contributed by atoms with E-state index in [0.717, 1.165) is 54.9 Å². The maximum absolute atomic E-state index is 14.1. The van der Waals surface area contributed by atoms with Gasteiger partial charge in [0.25, 0.3) is 15.9 Å². The second-order valence-electron chi connectivity index (χ2n) is 9.97. The topological polar surface area (TPSA) is 79.4 Å². The standard InChI is InChI=1S/C27H24Cl2FN3O3S2/c28-17-13-19(15-31-14-17)32-26(34)21-7-8-22-23(24(21)29)27(9-11-37-12-10-27)25(16-1-2-16)33(22)38(35,36)20-5-3-18(30)4-6-20/h3-8,13-16,25H,1-2,9-12H2,(H,32,34). The Balaban J connectivity index is 1.50. The molecule has 1 aliphatic carbocycles. The lowest BCUT2D eigenvalue weighted by atomic mass is 9.70. The molecule has 1 atom stereocenters. The summed E-state index contributed by atoms with van der Waals surface area (Å²) in [6, 6.07) is 9.47. The summed E-state index contributed by atoms with van der Waals surface area (Å²) in [4.78, 5) is 17.4. The predicted octanol–water partition coefficient (Wildman–Crippen LogP) is 6.53. The smallest absolute Gasteiger partial charge is 0.264 e. The van der Waals surface area contributed by atoms with Gasteiger partial charge in [0.05, 0.1) is 44.1 Å². The summed E-state index contributed by atoms with van der Waals surface area (Å²) in [5.41, 5.74) is 1.40. The highest BCUT2D eigenvalue weighted by atomic mass is 35.5. The number of thioether (sulfide) groups is 1. The molecule has 3 heterocycles. The van der Waals surface area contributed by atoms with Crippen LogP contribution in [-0.2, 0) is 15.4 Å². The zero-order chi connectivity index (χ0) is 26.7. The molecule has 1 saturated carbocycles. The molecule has 1 spiro atoms. The molecule has 3 aliphatic rings. The monoisotopic (exact) mass is 591 g/mol. The van der Waals surface area contributed by atoms with Crippen molar-refractivity contribution in [3.05, 3.63) is 81.8 Å². The van der Waals surface area contributed by atoms with Crippen LogP contribution in [0.25, 0.3) is 0 Å². The molecule has 0 bridgehead atoms. The number of benzene rings is 2. The van der Waals surface area contributed by atoms with Gasteiger partial charge in [0.2, 0.25) is 0 Å². The van der Waals surface area contributed by atoms with Crippen LogP contribution in [0.2, 0.25) is 10.0 Å². The Kier molecular flexibility index (Phi) is 6.61. The number of sulfonamides is 1. The largest absolute Gasteiger partial charge is 0.320 e. The van der Waals surface area contributed by atoms with E-state index in [1.54, 1.807) is 18.2 Å². The second-order valence-corrected chi connectivity index (χ2v) is 13.8. The van der Waals surface area contributed by atoms with Crippen LogP contribution in [0, 0.1) is 11.7 Å². The van der Waals surface area contributed by atoms with Gasteiger partial charge in [-0.3, -0.25) is 14.1 Å². The summed E-state index contributed by atoms with van der Waals surface area (Å²) < 4.78 is 43.5. The summed E-state index contributed by atoms with van der Waals surface area (Å²) in [5.74, 6) is 0.998. The van der Waals surface area contributed by atoms with Gasteiger partial charge in [0.15, 0.2) is 0 Å². The molecule has 1 amide bonds. The molecular formula is C27H24Cl2FN3O3S2. The van der Waals surface area contributed by atoms with Gasteiger partial charge in [-0.2, -0.15) is 11.8 Å². The maximum atomic E-state index is 14.1. The third-order valence-corrected chi connectivity index (χ3v) is 11.1. The van der Waals surface area contributed by atoms with Crippen LogP contribution < -0.4 is 9.62 Å². The Morgan fingerprint density at radius 2 is 1.79 bits per heavy atom. The zero-order valence-electron chi connectivity index (χ0n) is 20.2. The highest BCUT2D eigenvalue weighted by Gasteiger charge is 2.60. The minimum Gasteiger partial charge on any atom is -0.320 e. The molecule has 38 heavy (non-hydrogen) atoms. The van der Waals surface area contributed by atoms with Gasteiger partial charge in [-0.1, -0.05) is 23.2 Å². The molecule has 2 aromatic carbocycles. The molecule has 6 nitrogen and oxygen atoms in total. The second kappa shape index (κ2) is 9.70. The predicted molar refractivity (Wildman–Crippen MR) is 149 cm³/mol. The average Bonchev–Trinajstić information content (AvgIpc) is 3.68. The van der Waals surface area contributed by atoms with Gasteiger partial charge in [-0.15, -0.1) is 0 Å². The van der Waals surface area contributed by atoms with Crippen LogP contribution in [-0.4, -0.2) is 36.9 Å². The Labute approximate surface area is 235 Å². The average molecular weight is 593 g/mol. The van der Waals surface area contributed by atoms with Crippen molar-refractivity contribution in [2.45, 2.75) is 42.0 Å². The van der Waals surface area contributed by atoms with Gasteiger partial charge >= 0.3 is 0 Å². The van der Waals surface area contributed by atoms with Crippen LogP contribution in [0.1, 0.15) is 41.6 Å². The summed E-state index contributed by atoms with van der Waals surface area (Å²) >= 11 is 14.9. The highest BCUT2D eigenvalue weighted by Crippen LogP contribution is 2.61. The summed E-state index contributed by atoms with van der Waals surface area (Å²) in [6.45, 7) is 0. The minimum atomic E-state index is -4.02. The van der Waals surface area contributed by atoms with Crippen molar-refractivity contribution < 1.29 is 17.6 Å². The van der Waals surface area contributed by atoms with E-state index in [1.807, 2.05) is 11.8 Å². The molecule has 2 aliphatic heterocycles. The Bertz CT molecular complexity index is 1530. The number of hydrogen-bond acceptors (Lipinski definition) is 5. The van der Waals surface area contributed by atoms with E-state index < -0.39 is 27.2 Å². The van der Waals surface area contributed by atoms with Crippen molar-refractivity contribution >= 4 is 62.3 Å². The lowest BCUT2D eigenvalue weighted by molar-refractivity contribution is 0.102. The zero-order valence-corrected chi connectivity index (χ0v) is 23.3. The molecule has 0 radical (unpaired) electrons. The number of carbonyl (C=O) groups excluding carboxylic acids is 1. The van der Waals surface area contributed by atoms with Crippen molar-refractivity contribution in [2.75, 3.05) is 21.1 Å². The number of carbonyl (C=O) groups is 1. The van der Waals surface area contributed by atoms with E-state index in [9.17, 15) is 17.6 Å². The number of nitrogens with one attached hydrogen (secondary N) is 1. The number of halogens is 3. The molecule has 2 fully saturated rings. The first-order valence-electron chi connectivity index (χ1n) is 12.3. The first-order valence-corrected chi connectivity index (χ1v) is 15.7. The summed E-state index contributed by atoms with van der Waals surface area (Å²) in [7, 11) is -4.02. The summed E-state index contributed by atoms with van der Waals surface area (Å²) in [6.07, 6.45) is 6.32. The fourth-order valence-electron chi connectivity index (χ4n) is 5.93. The number of anilines is 2. The van der Waals surface area contributed by atoms with Crippen molar-refractivity contribution in [3.63, 3.8) is 0 Å².